The highest BCUT2D eigenvalue weighted by molar-refractivity contribution is 5.92. The van der Waals surface area contributed by atoms with Crippen LogP contribution >= 0.6 is 0 Å². The molecular weight excluding hydrogens is 326 g/mol. The molecule has 3 N–H and O–H groups in total. The number of hydrogen-bond donors (Lipinski definition) is 3. The van der Waals surface area contributed by atoms with Gasteiger partial charge in [0.05, 0.1) is 0 Å². The molecule has 6 heteroatoms. The second-order valence-corrected chi connectivity index (χ2v) is 6.78. The fourth-order valence-electron chi connectivity index (χ4n) is 3.58. The first-order valence-corrected chi connectivity index (χ1v) is 9.21. The first kappa shape index (κ1) is 16.6. The molecule has 2 aromatic heterocycles. The number of nitrogens with one attached hydrogen (secondary N) is 3. The second-order valence-electron chi connectivity index (χ2n) is 6.78. The number of hydrogen-bond acceptors (Lipinski definition) is 4. The highest BCUT2D eigenvalue weighted by Crippen LogP contribution is 2.21. The summed E-state index contributed by atoms with van der Waals surface area (Å²) in [4.78, 5) is 24.0. The summed E-state index contributed by atoms with van der Waals surface area (Å²) in [6.07, 6.45) is 9.06. The van der Waals surface area contributed by atoms with E-state index in [1.165, 1.54) is 30.1 Å². The van der Waals surface area contributed by atoms with Crippen LogP contribution in [0.4, 0.5) is 5.82 Å². The number of rotatable bonds is 6. The second kappa shape index (κ2) is 7.56. The summed E-state index contributed by atoms with van der Waals surface area (Å²) in [6, 6.07) is 10.4. The van der Waals surface area contributed by atoms with Crippen LogP contribution in [0.5, 0.6) is 0 Å². The van der Waals surface area contributed by atoms with E-state index >= 15 is 0 Å². The fraction of sp³-hybridized carbons (Fsp3) is 0.350. The third-order valence-electron chi connectivity index (χ3n) is 4.96. The Morgan fingerprint density at radius 3 is 2.92 bits per heavy atom. The lowest BCUT2D eigenvalue weighted by Gasteiger charge is -2.12. The Bertz CT molecular complexity index is 898. The summed E-state index contributed by atoms with van der Waals surface area (Å²) in [5.41, 5.74) is 2.72. The van der Waals surface area contributed by atoms with Crippen molar-refractivity contribution in [1.29, 1.82) is 0 Å². The summed E-state index contributed by atoms with van der Waals surface area (Å²) in [7, 11) is 0. The van der Waals surface area contributed by atoms with Crippen LogP contribution in [-0.2, 0) is 6.42 Å². The molecular formula is C20H23N5O. The minimum absolute atomic E-state index is 0.165. The molecule has 0 unspecified atom stereocenters. The first-order chi connectivity index (χ1) is 12.8. The van der Waals surface area contributed by atoms with E-state index in [2.05, 4.69) is 37.7 Å². The lowest BCUT2D eigenvalue weighted by atomic mass is 10.1. The molecule has 26 heavy (non-hydrogen) atoms. The fourth-order valence-corrected chi connectivity index (χ4v) is 3.58. The molecule has 134 valence electrons. The van der Waals surface area contributed by atoms with Gasteiger partial charge in [-0.05, 0) is 30.9 Å². The van der Waals surface area contributed by atoms with E-state index < -0.39 is 0 Å². The zero-order valence-corrected chi connectivity index (χ0v) is 14.7. The van der Waals surface area contributed by atoms with Gasteiger partial charge in [-0.3, -0.25) is 4.79 Å². The van der Waals surface area contributed by atoms with E-state index in [9.17, 15) is 4.79 Å². The van der Waals surface area contributed by atoms with Gasteiger partial charge < -0.3 is 15.6 Å². The number of para-hydroxylation sites is 1. The van der Waals surface area contributed by atoms with E-state index in [4.69, 9.17) is 0 Å². The van der Waals surface area contributed by atoms with E-state index in [1.54, 1.807) is 6.07 Å². The molecule has 1 amide bonds. The van der Waals surface area contributed by atoms with Crippen LogP contribution in [0.3, 0.4) is 0 Å². The Hall–Kier alpha value is -2.89. The van der Waals surface area contributed by atoms with Crippen molar-refractivity contribution in [2.75, 3.05) is 11.9 Å². The van der Waals surface area contributed by atoms with Gasteiger partial charge in [-0.25, -0.2) is 9.97 Å². The number of carbonyl (C=O) groups is 1. The van der Waals surface area contributed by atoms with Gasteiger partial charge in [0, 0.05) is 35.8 Å². The highest BCUT2D eigenvalue weighted by Gasteiger charge is 2.16. The SMILES string of the molecule is O=C(NCCc1c[nH]c2ccccc12)c1cc(NC2CCCC2)ncn1. The topological polar surface area (TPSA) is 82.7 Å². The summed E-state index contributed by atoms with van der Waals surface area (Å²) >= 11 is 0. The molecule has 0 atom stereocenters. The van der Waals surface area contributed by atoms with Crippen LogP contribution in [0.15, 0.2) is 42.9 Å². The van der Waals surface area contributed by atoms with Gasteiger partial charge in [-0.1, -0.05) is 31.0 Å². The summed E-state index contributed by atoms with van der Waals surface area (Å²) in [5.74, 6) is 0.565. The normalized spacial score (nSPS) is 14.6. The molecule has 0 bridgehead atoms. The third kappa shape index (κ3) is 3.69. The van der Waals surface area contributed by atoms with E-state index in [1.807, 2.05) is 18.3 Å². The van der Waals surface area contributed by atoms with Crippen molar-refractivity contribution in [3.8, 4) is 0 Å². The molecule has 1 fully saturated rings. The van der Waals surface area contributed by atoms with Crippen molar-refractivity contribution in [1.82, 2.24) is 20.3 Å². The van der Waals surface area contributed by atoms with Crippen LogP contribution in [0.25, 0.3) is 10.9 Å². The van der Waals surface area contributed by atoms with Gasteiger partial charge in [0.2, 0.25) is 0 Å². The summed E-state index contributed by atoms with van der Waals surface area (Å²) < 4.78 is 0. The number of carbonyl (C=O) groups excluding carboxylic acids is 1. The quantitative estimate of drug-likeness (QED) is 0.638. The lowest BCUT2D eigenvalue weighted by molar-refractivity contribution is 0.0949. The van der Waals surface area contributed by atoms with Gasteiger partial charge in [0.15, 0.2) is 0 Å². The van der Waals surface area contributed by atoms with Gasteiger partial charge in [-0.2, -0.15) is 0 Å². The van der Waals surface area contributed by atoms with Crippen molar-refractivity contribution in [3.05, 3.63) is 54.1 Å². The van der Waals surface area contributed by atoms with Crippen molar-refractivity contribution in [3.63, 3.8) is 0 Å². The molecule has 4 rings (SSSR count). The standard InChI is InChI=1S/C20H23N5O/c26-20(18-11-19(24-13-23-18)25-15-5-1-2-6-15)21-10-9-14-12-22-17-8-4-3-7-16(14)17/h3-4,7-8,11-13,15,22H,1-2,5-6,9-10H2,(H,21,26)(H,23,24,25). The van der Waals surface area contributed by atoms with E-state index in [0.29, 0.717) is 18.3 Å². The van der Waals surface area contributed by atoms with Gasteiger partial charge in [-0.15, -0.1) is 0 Å². The zero-order valence-electron chi connectivity index (χ0n) is 14.7. The summed E-state index contributed by atoms with van der Waals surface area (Å²) in [6.45, 7) is 0.566. The van der Waals surface area contributed by atoms with Crippen molar-refractivity contribution in [2.45, 2.75) is 38.1 Å². The van der Waals surface area contributed by atoms with Crippen molar-refractivity contribution < 1.29 is 4.79 Å². The Labute approximate surface area is 152 Å². The molecule has 0 spiro atoms. The van der Waals surface area contributed by atoms with Crippen LogP contribution in [0, 0.1) is 0 Å². The number of aromatic amines is 1. The maximum atomic E-state index is 12.4. The smallest absolute Gasteiger partial charge is 0.270 e. The summed E-state index contributed by atoms with van der Waals surface area (Å²) in [5, 5.41) is 7.55. The minimum atomic E-state index is -0.165. The zero-order chi connectivity index (χ0) is 17.8. The van der Waals surface area contributed by atoms with Crippen LogP contribution < -0.4 is 10.6 Å². The van der Waals surface area contributed by atoms with E-state index in [0.717, 1.165) is 30.6 Å². The predicted molar refractivity (Wildman–Crippen MR) is 102 cm³/mol. The number of H-pyrrole nitrogens is 1. The number of aromatic nitrogens is 3. The first-order valence-electron chi connectivity index (χ1n) is 9.21. The molecule has 6 nitrogen and oxygen atoms in total. The number of nitrogens with zero attached hydrogens (tertiary/aromatic N) is 2. The van der Waals surface area contributed by atoms with Crippen molar-refractivity contribution in [2.24, 2.45) is 0 Å². The minimum Gasteiger partial charge on any atom is -0.367 e. The average molecular weight is 349 g/mol. The Morgan fingerprint density at radius 2 is 2.04 bits per heavy atom. The Balaban J connectivity index is 1.34. The predicted octanol–water partition coefficient (Wildman–Crippen LogP) is 3.28. The molecule has 1 aliphatic rings. The van der Waals surface area contributed by atoms with Gasteiger partial charge in [0.25, 0.3) is 5.91 Å². The van der Waals surface area contributed by atoms with Crippen LogP contribution in [0.2, 0.25) is 0 Å². The van der Waals surface area contributed by atoms with Gasteiger partial charge >= 0.3 is 0 Å². The Morgan fingerprint density at radius 1 is 1.19 bits per heavy atom. The van der Waals surface area contributed by atoms with Crippen molar-refractivity contribution >= 4 is 22.6 Å². The molecule has 1 aromatic carbocycles. The average Bonchev–Trinajstić information content (AvgIpc) is 3.32. The monoisotopic (exact) mass is 349 g/mol. The molecule has 1 aliphatic carbocycles. The largest absolute Gasteiger partial charge is 0.367 e. The van der Waals surface area contributed by atoms with Crippen LogP contribution in [-0.4, -0.2) is 33.4 Å². The molecule has 0 radical (unpaired) electrons. The molecule has 0 aliphatic heterocycles. The van der Waals surface area contributed by atoms with Gasteiger partial charge in [0.1, 0.15) is 17.8 Å². The molecule has 1 saturated carbocycles. The number of anilines is 1. The lowest BCUT2D eigenvalue weighted by Crippen LogP contribution is -2.27. The third-order valence-corrected chi connectivity index (χ3v) is 4.96. The van der Waals surface area contributed by atoms with E-state index in [-0.39, 0.29) is 5.91 Å². The molecule has 0 saturated heterocycles. The van der Waals surface area contributed by atoms with Crippen LogP contribution in [0.1, 0.15) is 41.7 Å². The molecule has 3 aromatic rings. The number of amides is 1. The molecule has 2 heterocycles. The number of benzene rings is 1. The maximum Gasteiger partial charge on any atom is 0.270 e. The highest BCUT2D eigenvalue weighted by atomic mass is 16.1. The Kier molecular flexibility index (Phi) is 4.82. The maximum absolute atomic E-state index is 12.4. The number of fused-ring (bicyclic) bond motifs is 1.